The van der Waals surface area contributed by atoms with E-state index in [0.717, 1.165) is 27.9 Å². The molecule has 0 aliphatic heterocycles. The fourth-order valence-electron chi connectivity index (χ4n) is 3.17. The van der Waals surface area contributed by atoms with Gasteiger partial charge < -0.3 is 10.2 Å². The summed E-state index contributed by atoms with van der Waals surface area (Å²) >= 11 is 0. The molecule has 0 spiro atoms. The Kier molecular flexibility index (Phi) is 6.61. The van der Waals surface area contributed by atoms with E-state index in [0.29, 0.717) is 25.1 Å². The van der Waals surface area contributed by atoms with Crippen LogP contribution < -0.4 is 5.32 Å². The van der Waals surface area contributed by atoms with Gasteiger partial charge in [0.05, 0.1) is 12.1 Å². The Morgan fingerprint density at radius 1 is 1.10 bits per heavy atom. The summed E-state index contributed by atoms with van der Waals surface area (Å²) in [5.74, 6) is -0.127. The number of rotatable bonds is 7. The maximum absolute atomic E-state index is 12.5. The van der Waals surface area contributed by atoms with Crippen LogP contribution in [0.2, 0.25) is 0 Å². The largest absolute Gasteiger partial charge is 0.350 e. The lowest BCUT2D eigenvalue weighted by Crippen LogP contribution is -2.26. The highest BCUT2D eigenvalue weighted by molar-refractivity contribution is 5.93. The molecule has 0 radical (unpaired) electrons. The summed E-state index contributed by atoms with van der Waals surface area (Å²) in [5.41, 5.74) is 5.28. The molecular formula is C23H27N5O2. The topological polar surface area (TPSA) is 80.1 Å². The Morgan fingerprint density at radius 2 is 1.80 bits per heavy atom. The lowest BCUT2D eigenvalue weighted by Gasteiger charge is -2.10. The smallest absolute Gasteiger partial charge is 0.269 e. The van der Waals surface area contributed by atoms with Gasteiger partial charge in [0.1, 0.15) is 5.69 Å². The summed E-state index contributed by atoms with van der Waals surface area (Å²) in [6.45, 7) is 2.45. The van der Waals surface area contributed by atoms with E-state index in [1.54, 1.807) is 35.9 Å². The molecule has 1 aromatic carbocycles. The second-order valence-electron chi connectivity index (χ2n) is 7.52. The van der Waals surface area contributed by atoms with Crippen LogP contribution in [-0.4, -0.2) is 52.1 Å². The lowest BCUT2D eigenvalue weighted by molar-refractivity contribution is -0.127. The maximum Gasteiger partial charge on any atom is 0.269 e. The molecule has 0 aliphatic rings. The van der Waals surface area contributed by atoms with Crippen molar-refractivity contribution in [2.24, 2.45) is 7.05 Å². The Morgan fingerprint density at radius 3 is 2.43 bits per heavy atom. The van der Waals surface area contributed by atoms with Gasteiger partial charge in [-0.2, -0.15) is 5.10 Å². The molecule has 0 saturated heterocycles. The van der Waals surface area contributed by atoms with Crippen molar-refractivity contribution in [1.82, 2.24) is 25.0 Å². The predicted octanol–water partition coefficient (Wildman–Crippen LogP) is 2.39. The monoisotopic (exact) mass is 405 g/mol. The summed E-state index contributed by atoms with van der Waals surface area (Å²) in [6.07, 6.45) is 4.67. The molecule has 3 aromatic rings. The Labute approximate surface area is 176 Å². The van der Waals surface area contributed by atoms with Crippen LogP contribution in [0.4, 0.5) is 0 Å². The number of pyridine rings is 1. The van der Waals surface area contributed by atoms with Crippen LogP contribution >= 0.6 is 0 Å². The number of carbonyl (C=O) groups is 2. The summed E-state index contributed by atoms with van der Waals surface area (Å²) in [6, 6.07) is 11.6. The van der Waals surface area contributed by atoms with Gasteiger partial charge in [-0.3, -0.25) is 19.3 Å². The van der Waals surface area contributed by atoms with Crippen molar-refractivity contribution in [3.05, 3.63) is 71.3 Å². The third kappa shape index (κ3) is 5.31. The summed E-state index contributed by atoms with van der Waals surface area (Å²) in [5, 5.41) is 7.27. The van der Waals surface area contributed by atoms with E-state index in [1.807, 2.05) is 50.5 Å². The number of nitrogens with one attached hydrogen (secondary N) is 1. The van der Waals surface area contributed by atoms with Crippen molar-refractivity contribution >= 4 is 11.8 Å². The molecule has 0 unspecified atom stereocenters. The minimum absolute atomic E-state index is 0.0752. The number of nitrogens with zero attached hydrogens (tertiary/aromatic N) is 4. The van der Waals surface area contributed by atoms with Crippen LogP contribution in [0.3, 0.4) is 0 Å². The standard InChI is InChI=1S/C23H27N5O2/c1-16-20(15-28(4)26-16)19-10-12-24-21(14-19)23(30)25-11-9-17-5-7-18(8-6-17)13-22(29)27(2)3/h5-8,10,12,14-15H,9,11,13H2,1-4H3,(H,25,30). The number of benzene rings is 1. The van der Waals surface area contributed by atoms with Gasteiger partial charge in [0.25, 0.3) is 5.91 Å². The molecule has 0 atom stereocenters. The van der Waals surface area contributed by atoms with Crippen molar-refractivity contribution in [2.75, 3.05) is 20.6 Å². The molecular weight excluding hydrogens is 378 g/mol. The molecule has 30 heavy (non-hydrogen) atoms. The highest BCUT2D eigenvalue weighted by Crippen LogP contribution is 2.22. The number of hydrogen-bond donors (Lipinski definition) is 1. The highest BCUT2D eigenvalue weighted by Gasteiger charge is 2.11. The van der Waals surface area contributed by atoms with Gasteiger partial charge in [0, 0.05) is 45.6 Å². The summed E-state index contributed by atoms with van der Waals surface area (Å²) in [7, 11) is 5.38. The predicted molar refractivity (Wildman–Crippen MR) is 116 cm³/mol. The minimum Gasteiger partial charge on any atom is -0.350 e. The van der Waals surface area contributed by atoms with Crippen LogP contribution in [0.15, 0.2) is 48.8 Å². The molecule has 2 aromatic heterocycles. The summed E-state index contributed by atoms with van der Waals surface area (Å²) < 4.78 is 1.76. The van der Waals surface area contributed by atoms with Crippen LogP contribution in [0.5, 0.6) is 0 Å². The van der Waals surface area contributed by atoms with Crippen molar-refractivity contribution in [2.45, 2.75) is 19.8 Å². The second-order valence-corrected chi connectivity index (χ2v) is 7.52. The SMILES string of the molecule is Cc1nn(C)cc1-c1ccnc(C(=O)NCCc2ccc(CC(=O)N(C)C)cc2)c1. The average molecular weight is 406 g/mol. The lowest BCUT2D eigenvalue weighted by atomic mass is 10.1. The molecule has 1 N–H and O–H groups in total. The quantitative estimate of drug-likeness (QED) is 0.655. The molecule has 0 saturated carbocycles. The number of hydrogen-bond acceptors (Lipinski definition) is 4. The molecule has 3 rings (SSSR count). The molecule has 2 amide bonds. The average Bonchev–Trinajstić information content (AvgIpc) is 3.07. The number of aryl methyl sites for hydroxylation is 2. The van der Waals surface area contributed by atoms with Gasteiger partial charge in [-0.05, 0) is 42.2 Å². The first-order valence-corrected chi connectivity index (χ1v) is 9.86. The van der Waals surface area contributed by atoms with Crippen LogP contribution in [0.25, 0.3) is 11.1 Å². The van der Waals surface area contributed by atoms with E-state index in [4.69, 9.17) is 0 Å². The highest BCUT2D eigenvalue weighted by atomic mass is 16.2. The van der Waals surface area contributed by atoms with Gasteiger partial charge in [0.2, 0.25) is 5.91 Å². The van der Waals surface area contributed by atoms with Gasteiger partial charge >= 0.3 is 0 Å². The van der Waals surface area contributed by atoms with E-state index < -0.39 is 0 Å². The zero-order valence-electron chi connectivity index (χ0n) is 17.8. The van der Waals surface area contributed by atoms with Crippen LogP contribution in [-0.2, 0) is 24.7 Å². The Hall–Kier alpha value is -3.48. The number of aromatic nitrogens is 3. The molecule has 0 fully saturated rings. The maximum atomic E-state index is 12.5. The van der Waals surface area contributed by atoms with Crippen molar-refractivity contribution < 1.29 is 9.59 Å². The van der Waals surface area contributed by atoms with Crippen LogP contribution in [0.1, 0.15) is 27.3 Å². The zero-order chi connectivity index (χ0) is 21.7. The van der Waals surface area contributed by atoms with Crippen molar-refractivity contribution in [3.8, 4) is 11.1 Å². The first kappa shape index (κ1) is 21.2. The van der Waals surface area contributed by atoms with Crippen LogP contribution in [0, 0.1) is 6.92 Å². The normalized spacial score (nSPS) is 10.7. The zero-order valence-corrected chi connectivity index (χ0v) is 17.8. The molecule has 7 heteroatoms. The summed E-state index contributed by atoms with van der Waals surface area (Å²) in [4.78, 5) is 30.1. The third-order valence-electron chi connectivity index (χ3n) is 4.89. The van der Waals surface area contributed by atoms with E-state index in [-0.39, 0.29) is 11.8 Å². The fourth-order valence-corrected chi connectivity index (χ4v) is 3.17. The number of amides is 2. The van der Waals surface area contributed by atoms with E-state index in [9.17, 15) is 9.59 Å². The van der Waals surface area contributed by atoms with Gasteiger partial charge in [-0.25, -0.2) is 0 Å². The van der Waals surface area contributed by atoms with E-state index >= 15 is 0 Å². The van der Waals surface area contributed by atoms with Crippen molar-refractivity contribution in [3.63, 3.8) is 0 Å². The van der Waals surface area contributed by atoms with Gasteiger partial charge in [-0.15, -0.1) is 0 Å². The molecule has 156 valence electrons. The Bertz CT molecular complexity index is 1040. The fraction of sp³-hybridized carbons (Fsp3) is 0.304. The van der Waals surface area contributed by atoms with E-state index in [1.165, 1.54) is 0 Å². The van der Waals surface area contributed by atoms with Gasteiger partial charge in [-0.1, -0.05) is 24.3 Å². The Balaban J connectivity index is 1.55. The number of likely N-dealkylation sites (N-methyl/N-ethyl adjacent to an activating group) is 1. The van der Waals surface area contributed by atoms with Gasteiger partial charge in [0.15, 0.2) is 0 Å². The molecule has 0 bridgehead atoms. The number of carbonyl (C=O) groups excluding carboxylic acids is 2. The second kappa shape index (κ2) is 9.35. The molecule has 2 heterocycles. The molecule has 0 aliphatic carbocycles. The first-order chi connectivity index (χ1) is 14.3. The minimum atomic E-state index is -0.202. The van der Waals surface area contributed by atoms with Crippen molar-refractivity contribution in [1.29, 1.82) is 0 Å². The molecule has 7 nitrogen and oxygen atoms in total. The van der Waals surface area contributed by atoms with E-state index in [2.05, 4.69) is 15.4 Å². The first-order valence-electron chi connectivity index (χ1n) is 9.86. The third-order valence-corrected chi connectivity index (χ3v) is 4.89.